The van der Waals surface area contributed by atoms with Crippen LogP contribution in [0.4, 0.5) is 0 Å². The molecule has 0 aliphatic heterocycles. The van der Waals surface area contributed by atoms with Crippen LogP contribution in [0.5, 0.6) is 0 Å². The Bertz CT molecular complexity index is 590. The second-order valence-electron chi connectivity index (χ2n) is 3.27. The van der Waals surface area contributed by atoms with E-state index in [2.05, 4.69) is 0 Å². The number of carbonyl (C=O) groups excluding carboxylic acids is 1. The smallest absolute Gasteiger partial charge is 0.377 e. The van der Waals surface area contributed by atoms with Crippen LogP contribution in [0.1, 0.15) is 10.4 Å². The van der Waals surface area contributed by atoms with Gasteiger partial charge in [0.1, 0.15) is 0 Å². The van der Waals surface area contributed by atoms with Crippen molar-refractivity contribution < 1.29 is 14.7 Å². The van der Waals surface area contributed by atoms with Crippen molar-refractivity contribution in [2.75, 3.05) is 0 Å². The van der Waals surface area contributed by atoms with Gasteiger partial charge in [0.05, 0.1) is 0 Å². The summed E-state index contributed by atoms with van der Waals surface area (Å²) in [5.41, 5.74) is 0.160. The zero-order valence-electron chi connectivity index (χ0n) is 8.11. The zero-order chi connectivity index (χ0) is 11.7. The van der Waals surface area contributed by atoms with Crippen LogP contribution in [-0.2, 0) is 4.79 Å². The molecule has 0 atom stereocenters. The molecule has 0 amide bonds. The van der Waals surface area contributed by atoms with Gasteiger partial charge in [0.15, 0.2) is 0 Å². The van der Waals surface area contributed by atoms with Gasteiger partial charge in [-0.1, -0.05) is 35.9 Å². The second-order valence-corrected chi connectivity index (χ2v) is 3.68. The first-order chi connectivity index (χ1) is 7.61. The maximum atomic E-state index is 11.4. The van der Waals surface area contributed by atoms with Gasteiger partial charge in [-0.25, -0.2) is 4.79 Å². The molecular weight excluding hydrogens is 228 g/mol. The molecule has 1 N–H and O–H groups in total. The van der Waals surface area contributed by atoms with Crippen molar-refractivity contribution in [1.82, 2.24) is 0 Å². The van der Waals surface area contributed by atoms with E-state index in [4.69, 9.17) is 16.7 Å². The topological polar surface area (TPSA) is 54.4 Å². The monoisotopic (exact) mass is 234 g/mol. The summed E-state index contributed by atoms with van der Waals surface area (Å²) < 4.78 is 0. The van der Waals surface area contributed by atoms with Gasteiger partial charge in [0.25, 0.3) is 5.78 Å². The number of hydrogen-bond acceptors (Lipinski definition) is 2. The van der Waals surface area contributed by atoms with E-state index in [0.717, 1.165) is 0 Å². The Morgan fingerprint density at radius 3 is 2.25 bits per heavy atom. The van der Waals surface area contributed by atoms with Crippen LogP contribution in [0.3, 0.4) is 0 Å². The van der Waals surface area contributed by atoms with Gasteiger partial charge < -0.3 is 5.11 Å². The first kappa shape index (κ1) is 10.6. The van der Waals surface area contributed by atoms with Crippen molar-refractivity contribution >= 4 is 34.1 Å². The Morgan fingerprint density at radius 1 is 1.00 bits per heavy atom. The van der Waals surface area contributed by atoms with Crippen LogP contribution in [0.2, 0.25) is 5.02 Å². The number of hydrogen-bond donors (Lipinski definition) is 1. The van der Waals surface area contributed by atoms with Crippen molar-refractivity contribution in [3.8, 4) is 0 Å². The molecule has 3 nitrogen and oxygen atoms in total. The highest BCUT2D eigenvalue weighted by Crippen LogP contribution is 2.26. The Hall–Kier alpha value is -1.87. The lowest BCUT2D eigenvalue weighted by molar-refractivity contribution is -0.131. The molecular formula is C12H7ClO3. The third-order valence-corrected chi connectivity index (χ3v) is 2.64. The molecule has 0 saturated carbocycles. The summed E-state index contributed by atoms with van der Waals surface area (Å²) in [6, 6.07) is 9.90. The summed E-state index contributed by atoms with van der Waals surface area (Å²) >= 11 is 5.95. The molecule has 0 aromatic heterocycles. The summed E-state index contributed by atoms with van der Waals surface area (Å²) in [6.45, 7) is 0. The van der Waals surface area contributed by atoms with E-state index in [9.17, 15) is 9.59 Å². The molecule has 0 radical (unpaired) electrons. The maximum Gasteiger partial charge on any atom is 0.377 e. The minimum atomic E-state index is -1.47. The lowest BCUT2D eigenvalue weighted by Gasteiger charge is -2.04. The standard InChI is InChI=1S/C12H7ClO3/c13-10-6-5-9(11(14)12(15)16)7-3-1-2-4-8(7)10/h1-6H,(H,15,16). The van der Waals surface area contributed by atoms with Crippen molar-refractivity contribution in [1.29, 1.82) is 0 Å². The Morgan fingerprint density at radius 2 is 1.62 bits per heavy atom. The third kappa shape index (κ3) is 1.66. The van der Waals surface area contributed by atoms with E-state index >= 15 is 0 Å². The van der Waals surface area contributed by atoms with Gasteiger partial charge in [0.2, 0.25) is 0 Å². The third-order valence-electron chi connectivity index (χ3n) is 2.31. The number of carboxylic acids is 1. The summed E-state index contributed by atoms with van der Waals surface area (Å²) in [5, 5.41) is 10.4. The SMILES string of the molecule is O=C(O)C(=O)c1ccc(Cl)c2ccccc12. The van der Waals surface area contributed by atoms with Gasteiger partial charge >= 0.3 is 5.97 Å². The van der Waals surface area contributed by atoms with Crippen LogP contribution >= 0.6 is 11.6 Å². The number of carbonyl (C=O) groups is 2. The molecule has 0 fully saturated rings. The first-order valence-corrected chi connectivity index (χ1v) is 4.94. The number of ketones is 1. The molecule has 80 valence electrons. The maximum absolute atomic E-state index is 11.4. The van der Waals surface area contributed by atoms with E-state index in [1.165, 1.54) is 12.1 Å². The van der Waals surface area contributed by atoms with Crippen molar-refractivity contribution in [3.63, 3.8) is 0 Å². The number of Topliss-reactive ketones (excluding diaryl/α,β-unsaturated/α-hetero) is 1. The quantitative estimate of drug-likeness (QED) is 0.642. The van der Waals surface area contributed by atoms with E-state index in [1.807, 2.05) is 0 Å². The molecule has 4 heteroatoms. The fraction of sp³-hybridized carbons (Fsp3) is 0. The number of halogens is 1. The zero-order valence-corrected chi connectivity index (χ0v) is 8.86. The molecule has 0 spiro atoms. The van der Waals surface area contributed by atoms with Crippen molar-refractivity contribution in [3.05, 3.63) is 47.0 Å². The lowest BCUT2D eigenvalue weighted by Crippen LogP contribution is -2.13. The van der Waals surface area contributed by atoms with Crippen LogP contribution in [0.25, 0.3) is 10.8 Å². The van der Waals surface area contributed by atoms with Crippen LogP contribution in [0.15, 0.2) is 36.4 Å². The molecule has 2 aromatic carbocycles. The van der Waals surface area contributed by atoms with Crippen molar-refractivity contribution in [2.24, 2.45) is 0 Å². The number of aliphatic carboxylic acids is 1. The van der Waals surface area contributed by atoms with Gasteiger partial charge in [0, 0.05) is 16.0 Å². The largest absolute Gasteiger partial charge is 0.475 e. The predicted molar refractivity (Wildman–Crippen MR) is 60.9 cm³/mol. The summed E-state index contributed by atoms with van der Waals surface area (Å²) in [6.07, 6.45) is 0. The van der Waals surface area contributed by atoms with Gasteiger partial charge in [-0.3, -0.25) is 4.79 Å². The Kier molecular flexibility index (Phi) is 2.62. The van der Waals surface area contributed by atoms with Crippen molar-refractivity contribution in [2.45, 2.75) is 0 Å². The average Bonchev–Trinajstić information content (AvgIpc) is 2.29. The van der Waals surface area contributed by atoms with Crippen LogP contribution in [-0.4, -0.2) is 16.9 Å². The highest BCUT2D eigenvalue weighted by Gasteiger charge is 2.17. The number of fused-ring (bicyclic) bond motifs is 1. The normalized spacial score (nSPS) is 10.3. The predicted octanol–water partition coefficient (Wildman–Crippen LogP) is 2.76. The lowest BCUT2D eigenvalue weighted by atomic mass is 10.0. The summed E-state index contributed by atoms with van der Waals surface area (Å²) in [7, 11) is 0. The molecule has 2 rings (SSSR count). The molecule has 0 unspecified atom stereocenters. The molecule has 0 heterocycles. The molecule has 0 aliphatic rings. The fourth-order valence-corrected chi connectivity index (χ4v) is 1.80. The Labute approximate surface area is 96.3 Å². The molecule has 16 heavy (non-hydrogen) atoms. The van der Waals surface area contributed by atoms with Gasteiger partial charge in [-0.05, 0) is 17.5 Å². The minimum absolute atomic E-state index is 0.160. The number of carboxylic acid groups (broad SMARTS) is 1. The second kappa shape index (κ2) is 3.94. The van der Waals surface area contributed by atoms with E-state index in [1.54, 1.807) is 24.3 Å². The van der Waals surface area contributed by atoms with Gasteiger partial charge in [-0.15, -0.1) is 0 Å². The minimum Gasteiger partial charge on any atom is -0.475 e. The molecule has 0 saturated heterocycles. The van der Waals surface area contributed by atoms with Gasteiger partial charge in [-0.2, -0.15) is 0 Å². The van der Waals surface area contributed by atoms with Crippen LogP contribution < -0.4 is 0 Å². The molecule has 2 aromatic rings. The Balaban J connectivity index is 2.77. The van der Waals surface area contributed by atoms with E-state index in [0.29, 0.717) is 15.8 Å². The summed E-state index contributed by atoms with van der Waals surface area (Å²) in [5.74, 6) is -2.39. The highest BCUT2D eigenvalue weighted by atomic mass is 35.5. The fourth-order valence-electron chi connectivity index (χ4n) is 1.58. The highest BCUT2D eigenvalue weighted by molar-refractivity contribution is 6.43. The molecule has 0 bridgehead atoms. The van der Waals surface area contributed by atoms with E-state index < -0.39 is 11.8 Å². The summed E-state index contributed by atoms with van der Waals surface area (Å²) in [4.78, 5) is 22.1. The number of benzene rings is 2. The van der Waals surface area contributed by atoms with Crippen LogP contribution in [0, 0.1) is 0 Å². The molecule has 0 aliphatic carbocycles. The number of rotatable bonds is 2. The van der Waals surface area contributed by atoms with E-state index in [-0.39, 0.29) is 5.56 Å². The first-order valence-electron chi connectivity index (χ1n) is 4.56. The average molecular weight is 235 g/mol.